The minimum Gasteiger partial charge on any atom is -0.311 e. The molecule has 116 valence electrons. The Morgan fingerprint density at radius 2 is 1.64 bits per heavy atom. The van der Waals surface area contributed by atoms with Gasteiger partial charge in [-0.15, -0.1) is 0 Å². The summed E-state index contributed by atoms with van der Waals surface area (Å²) in [5.74, 6) is 0.662. The second kappa shape index (κ2) is 7.08. The lowest BCUT2D eigenvalue weighted by molar-refractivity contribution is 0.106. The highest BCUT2D eigenvalue weighted by atomic mass is 15.2. The van der Waals surface area contributed by atoms with Gasteiger partial charge in [-0.1, -0.05) is 74.5 Å². The molecule has 0 saturated carbocycles. The number of rotatable bonds is 4. The normalized spacial score (nSPS) is 22.9. The summed E-state index contributed by atoms with van der Waals surface area (Å²) in [6, 6.07) is 22.7. The Morgan fingerprint density at radius 3 is 2.27 bits per heavy atom. The molecule has 0 aromatic heterocycles. The van der Waals surface area contributed by atoms with Crippen LogP contribution >= 0.6 is 0 Å². The molecule has 22 heavy (non-hydrogen) atoms. The van der Waals surface area contributed by atoms with Crippen LogP contribution in [0.15, 0.2) is 60.7 Å². The summed E-state index contributed by atoms with van der Waals surface area (Å²) in [5, 5.41) is 3.74. The number of hydrogen-bond donors (Lipinski definition) is 1. The highest BCUT2D eigenvalue weighted by Crippen LogP contribution is 2.27. The van der Waals surface area contributed by atoms with Crippen molar-refractivity contribution in [2.45, 2.75) is 32.5 Å². The molecule has 2 aromatic rings. The molecule has 0 bridgehead atoms. The molecule has 0 aliphatic carbocycles. The van der Waals surface area contributed by atoms with Crippen molar-refractivity contribution in [1.29, 1.82) is 0 Å². The summed E-state index contributed by atoms with van der Waals surface area (Å²) in [7, 11) is 0. The maximum Gasteiger partial charge on any atom is 0.0476 e. The molecule has 1 fully saturated rings. The van der Waals surface area contributed by atoms with Crippen LogP contribution in [-0.2, 0) is 6.54 Å². The van der Waals surface area contributed by atoms with Gasteiger partial charge >= 0.3 is 0 Å². The van der Waals surface area contributed by atoms with Gasteiger partial charge < -0.3 is 5.32 Å². The third kappa shape index (κ3) is 3.57. The second-order valence-corrected chi connectivity index (χ2v) is 6.60. The topological polar surface area (TPSA) is 15.3 Å². The molecule has 1 N–H and O–H groups in total. The van der Waals surface area contributed by atoms with Gasteiger partial charge in [-0.05, 0) is 17.0 Å². The highest BCUT2D eigenvalue weighted by Gasteiger charge is 2.30. The van der Waals surface area contributed by atoms with Crippen molar-refractivity contribution < 1.29 is 0 Å². The fourth-order valence-corrected chi connectivity index (χ4v) is 3.28. The third-order valence-corrected chi connectivity index (χ3v) is 4.66. The van der Waals surface area contributed by atoms with E-state index in [4.69, 9.17) is 0 Å². The maximum atomic E-state index is 3.74. The first kappa shape index (κ1) is 15.3. The van der Waals surface area contributed by atoms with Crippen LogP contribution in [-0.4, -0.2) is 24.0 Å². The predicted octanol–water partition coefficient (Wildman–Crippen LogP) is 3.86. The van der Waals surface area contributed by atoms with Crippen molar-refractivity contribution in [3.63, 3.8) is 0 Å². The Bertz CT molecular complexity index is 565. The van der Waals surface area contributed by atoms with Gasteiger partial charge in [0.15, 0.2) is 0 Å². The van der Waals surface area contributed by atoms with Gasteiger partial charge in [0.05, 0.1) is 0 Å². The van der Waals surface area contributed by atoms with Crippen LogP contribution in [0.25, 0.3) is 0 Å². The Morgan fingerprint density at radius 1 is 1.00 bits per heavy atom. The Balaban J connectivity index is 1.81. The number of piperazine rings is 1. The van der Waals surface area contributed by atoms with Crippen molar-refractivity contribution >= 4 is 0 Å². The zero-order chi connectivity index (χ0) is 15.4. The largest absolute Gasteiger partial charge is 0.311 e. The SMILES string of the molecule is CC(C)C1CN(Cc2ccccc2)C(c2ccccc2)CN1. The van der Waals surface area contributed by atoms with Gasteiger partial charge in [-0.3, -0.25) is 4.90 Å². The van der Waals surface area contributed by atoms with E-state index >= 15 is 0 Å². The summed E-state index contributed by atoms with van der Waals surface area (Å²) in [5.41, 5.74) is 2.81. The quantitative estimate of drug-likeness (QED) is 0.921. The van der Waals surface area contributed by atoms with E-state index in [-0.39, 0.29) is 0 Å². The van der Waals surface area contributed by atoms with Crippen molar-refractivity contribution in [2.75, 3.05) is 13.1 Å². The molecule has 3 rings (SSSR count). The fraction of sp³-hybridized carbons (Fsp3) is 0.400. The molecular weight excluding hydrogens is 268 g/mol. The molecule has 1 aliphatic heterocycles. The molecule has 0 radical (unpaired) electrons. The first-order valence-electron chi connectivity index (χ1n) is 8.30. The van der Waals surface area contributed by atoms with Crippen molar-refractivity contribution in [3.8, 4) is 0 Å². The maximum absolute atomic E-state index is 3.74. The fourth-order valence-electron chi connectivity index (χ4n) is 3.28. The van der Waals surface area contributed by atoms with Gasteiger partial charge in [-0.25, -0.2) is 0 Å². The lowest BCUT2D eigenvalue weighted by Crippen LogP contribution is -2.53. The van der Waals surface area contributed by atoms with E-state index in [1.165, 1.54) is 11.1 Å². The van der Waals surface area contributed by atoms with E-state index in [2.05, 4.69) is 84.7 Å². The standard InChI is InChI=1S/C20H26N2/c1-16(2)19-15-22(14-17-9-5-3-6-10-17)20(13-21-19)18-11-7-4-8-12-18/h3-12,16,19-21H,13-15H2,1-2H3. The summed E-state index contributed by atoms with van der Waals surface area (Å²) in [6.07, 6.45) is 0. The van der Waals surface area contributed by atoms with E-state index in [1.54, 1.807) is 0 Å². The first-order chi connectivity index (χ1) is 10.7. The Kier molecular flexibility index (Phi) is 4.91. The molecule has 1 aliphatic rings. The Hall–Kier alpha value is -1.64. The summed E-state index contributed by atoms with van der Waals surface area (Å²) >= 11 is 0. The van der Waals surface area contributed by atoms with E-state index in [9.17, 15) is 0 Å². The molecule has 2 heteroatoms. The average Bonchev–Trinajstić information content (AvgIpc) is 2.56. The summed E-state index contributed by atoms with van der Waals surface area (Å²) in [4.78, 5) is 2.63. The van der Waals surface area contributed by atoms with Crippen LogP contribution in [0.1, 0.15) is 31.0 Å². The Labute approximate surface area is 134 Å². The molecule has 2 aromatic carbocycles. The average molecular weight is 294 g/mol. The molecule has 1 heterocycles. The van der Waals surface area contributed by atoms with Gasteiger partial charge in [0.25, 0.3) is 0 Å². The van der Waals surface area contributed by atoms with E-state index < -0.39 is 0 Å². The smallest absolute Gasteiger partial charge is 0.0476 e. The monoisotopic (exact) mass is 294 g/mol. The molecule has 2 nitrogen and oxygen atoms in total. The predicted molar refractivity (Wildman–Crippen MR) is 92.7 cm³/mol. The van der Waals surface area contributed by atoms with Crippen LogP contribution in [0.5, 0.6) is 0 Å². The number of benzene rings is 2. The molecule has 1 saturated heterocycles. The minimum absolute atomic E-state index is 0.455. The van der Waals surface area contributed by atoms with Crippen LogP contribution in [0, 0.1) is 5.92 Å². The van der Waals surface area contributed by atoms with Crippen LogP contribution in [0.4, 0.5) is 0 Å². The summed E-state index contributed by atoms with van der Waals surface area (Å²) < 4.78 is 0. The van der Waals surface area contributed by atoms with E-state index in [1.807, 2.05) is 0 Å². The van der Waals surface area contributed by atoms with Gasteiger partial charge in [0, 0.05) is 31.7 Å². The lowest BCUT2D eigenvalue weighted by atomic mass is 9.95. The van der Waals surface area contributed by atoms with Gasteiger partial charge in [0.1, 0.15) is 0 Å². The lowest BCUT2D eigenvalue weighted by Gasteiger charge is -2.42. The molecule has 2 atom stereocenters. The van der Waals surface area contributed by atoms with E-state index in [0.29, 0.717) is 18.0 Å². The molecular formula is C20H26N2. The van der Waals surface area contributed by atoms with E-state index in [0.717, 1.165) is 19.6 Å². The van der Waals surface area contributed by atoms with Gasteiger partial charge in [0.2, 0.25) is 0 Å². The van der Waals surface area contributed by atoms with Crippen LogP contribution in [0.2, 0.25) is 0 Å². The number of nitrogens with zero attached hydrogens (tertiary/aromatic N) is 1. The molecule has 2 unspecified atom stereocenters. The first-order valence-corrected chi connectivity index (χ1v) is 8.30. The van der Waals surface area contributed by atoms with Crippen LogP contribution in [0.3, 0.4) is 0 Å². The summed E-state index contributed by atoms with van der Waals surface area (Å²) in [6.45, 7) is 7.76. The van der Waals surface area contributed by atoms with Crippen molar-refractivity contribution in [3.05, 3.63) is 71.8 Å². The molecule has 0 amide bonds. The highest BCUT2D eigenvalue weighted by molar-refractivity contribution is 5.22. The van der Waals surface area contributed by atoms with Crippen LogP contribution < -0.4 is 5.32 Å². The van der Waals surface area contributed by atoms with Crippen molar-refractivity contribution in [1.82, 2.24) is 10.2 Å². The van der Waals surface area contributed by atoms with Crippen molar-refractivity contribution in [2.24, 2.45) is 5.92 Å². The number of hydrogen-bond acceptors (Lipinski definition) is 2. The number of nitrogens with one attached hydrogen (secondary N) is 1. The zero-order valence-electron chi connectivity index (χ0n) is 13.6. The molecule has 0 spiro atoms. The minimum atomic E-state index is 0.455. The van der Waals surface area contributed by atoms with Gasteiger partial charge in [-0.2, -0.15) is 0 Å². The second-order valence-electron chi connectivity index (χ2n) is 6.60. The third-order valence-electron chi connectivity index (χ3n) is 4.66. The zero-order valence-corrected chi connectivity index (χ0v) is 13.6.